The summed E-state index contributed by atoms with van der Waals surface area (Å²) in [4.78, 5) is 36.7. The molecule has 3 N–H and O–H groups in total. The molecule has 0 aliphatic heterocycles. The number of carbonyl (C=O) groups excluding carboxylic acids is 2. The minimum atomic E-state index is -1.11. The van der Waals surface area contributed by atoms with Crippen molar-refractivity contribution in [2.45, 2.75) is 26.1 Å². The highest BCUT2D eigenvalue weighted by Gasteiger charge is 2.25. The molecule has 138 valence electrons. The van der Waals surface area contributed by atoms with Crippen molar-refractivity contribution in [2.75, 3.05) is 6.54 Å². The number of carboxylic acids is 1. The van der Waals surface area contributed by atoms with Crippen LogP contribution in [-0.4, -0.2) is 40.5 Å². The van der Waals surface area contributed by atoms with Gasteiger partial charge >= 0.3 is 12.0 Å². The number of nitrogens with zero attached hydrogens (tertiary/aromatic N) is 1. The molecular weight excluding hydrogens is 338 g/mol. The third-order valence-electron chi connectivity index (χ3n) is 3.74. The second-order valence-corrected chi connectivity index (χ2v) is 5.64. The number of urea groups is 1. The first kappa shape index (κ1) is 19.0. The van der Waals surface area contributed by atoms with E-state index in [1.54, 1.807) is 24.3 Å². The molecule has 0 spiro atoms. The summed E-state index contributed by atoms with van der Waals surface area (Å²) >= 11 is 0. The second kappa shape index (κ2) is 9.26. The quantitative estimate of drug-likeness (QED) is 0.662. The Morgan fingerprint density at radius 1 is 1.12 bits per heavy atom. The molecule has 3 amide bonds. The maximum absolute atomic E-state index is 12.4. The van der Waals surface area contributed by atoms with Gasteiger partial charge in [-0.25, -0.2) is 9.59 Å². The smallest absolute Gasteiger partial charge is 0.326 e. The van der Waals surface area contributed by atoms with Crippen LogP contribution in [0, 0.1) is 0 Å². The van der Waals surface area contributed by atoms with Crippen molar-refractivity contribution in [3.8, 4) is 0 Å². The Morgan fingerprint density at radius 2 is 1.85 bits per heavy atom. The minimum absolute atomic E-state index is 0.142. The van der Waals surface area contributed by atoms with Crippen molar-refractivity contribution >= 4 is 17.9 Å². The summed E-state index contributed by atoms with van der Waals surface area (Å²) in [5.74, 6) is -1.02. The van der Waals surface area contributed by atoms with Crippen molar-refractivity contribution < 1.29 is 23.9 Å². The average molecular weight is 359 g/mol. The topological polar surface area (TPSA) is 112 Å². The van der Waals surface area contributed by atoms with Crippen LogP contribution in [0.15, 0.2) is 53.1 Å². The lowest BCUT2D eigenvalue weighted by molar-refractivity contribution is -0.149. The van der Waals surface area contributed by atoms with Gasteiger partial charge < -0.3 is 25.1 Å². The van der Waals surface area contributed by atoms with Crippen LogP contribution in [0.1, 0.15) is 18.2 Å². The zero-order valence-electron chi connectivity index (χ0n) is 14.3. The van der Waals surface area contributed by atoms with Gasteiger partial charge in [-0.15, -0.1) is 0 Å². The standard InChI is InChI=1S/C18H21N3O5/c1-13(17(23)24)21(12-14-6-3-2-4-7-14)16(22)11-20-18(25)19-10-15-8-5-9-26-15/h2-9,13H,10-12H2,1H3,(H,23,24)(H2,19,20,25). The Labute approximate surface area is 150 Å². The highest BCUT2D eigenvalue weighted by molar-refractivity contribution is 5.87. The SMILES string of the molecule is CC(C(=O)O)N(Cc1ccccc1)C(=O)CNC(=O)NCc1ccco1. The van der Waals surface area contributed by atoms with Crippen molar-refractivity contribution in [1.29, 1.82) is 0 Å². The molecule has 0 aliphatic rings. The number of hydrogen-bond acceptors (Lipinski definition) is 4. The van der Waals surface area contributed by atoms with Crippen molar-refractivity contribution in [1.82, 2.24) is 15.5 Å². The summed E-state index contributed by atoms with van der Waals surface area (Å²) in [5.41, 5.74) is 0.802. The van der Waals surface area contributed by atoms with Crippen LogP contribution in [0.2, 0.25) is 0 Å². The predicted molar refractivity (Wildman–Crippen MR) is 93.0 cm³/mol. The molecule has 1 heterocycles. The average Bonchev–Trinajstić information content (AvgIpc) is 3.16. The molecule has 0 aliphatic carbocycles. The Kier molecular flexibility index (Phi) is 6.78. The molecule has 1 aromatic carbocycles. The van der Waals surface area contributed by atoms with E-state index in [9.17, 15) is 19.5 Å². The van der Waals surface area contributed by atoms with Gasteiger partial charge in [-0.3, -0.25) is 4.79 Å². The van der Waals surface area contributed by atoms with Gasteiger partial charge in [-0.2, -0.15) is 0 Å². The Bertz CT molecular complexity index is 731. The molecule has 0 radical (unpaired) electrons. The van der Waals surface area contributed by atoms with Crippen LogP contribution in [0.5, 0.6) is 0 Å². The first-order valence-electron chi connectivity index (χ1n) is 8.07. The number of carbonyl (C=O) groups is 3. The first-order valence-corrected chi connectivity index (χ1v) is 8.07. The van der Waals surface area contributed by atoms with E-state index in [1.807, 2.05) is 18.2 Å². The number of amides is 3. The number of furan rings is 1. The van der Waals surface area contributed by atoms with Crippen LogP contribution < -0.4 is 10.6 Å². The monoisotopic (exact) mass is 359 g/mol. The van der Waals surface area contributed by atoms with E-state index < -0.39 is 23.9 Å². The zero-order chi connectivity index (χ0) is 18.9. The van der Waals surface area contributed by atoms with E-state index in [4.69, 9.17) is 4.42 Å². The summed E-state index contributed by atoms with van der Waals surface area (Å²) < 4.78 is 5.09. The second-order valence-electron chi connectivity index (χ2n) is 5.64. The first-order chi connectivity index (χ1) is 12.5. The van der Waals surface area contributed by atoms with Gasteiger partial charge in [0.05, 0.1) is 19.4 Å². The predicted octanol–water partition coefficient (Wildman–Crippen LogP) is 1.58. The summed E-state index contributed by atoms with van der Waals surface area (Å²) in [5, 5.41) is 14.2. The zero-order valence-corrected chi connectivity index (χ0v) is 14.3. The van der Waals surface area contributed by atoms with Crippen molar-refractivity contribution in [3.05, 3.63) is 60.1 Å². The van der Waals surface area contributed by atoms with Gasteiger partial charge in [0.1, 0.15) is 11.8 Å². The highest BCUT2D eigenvalue weighted by Crippen LogP contribution is 2.09. The number of rotatable bonds is 8. The van der Waals surface area contributed by atoms with Crippen LogP contribution in [0.4, 0.5) is 4.79 Å². The molecular formula is C18H21N3O5. The van der Waals surface area contributed by atoms with Crippen LogP contribution in [0.25, 0.3) is 0 Å². The molecule has 2 aromatic rings. The van der Waals surface area contributed by atoms with Crippen LogP contribution in [0.3, 0.4) is 0 Å². The molecule has 1 atom stereocenters. The minimum Gasteiger partial charge on any atom is -0.480 e. The molecule has 8 nitrogen and oxygen atoms in total. The van der Waals surface area contributed by atoms with Crippen molar-refractivity contribution in [3.63, 3.8) is 0 Å². The van der Waals surface area contributed by atoms with Gasteiger partial charge in [-0.1, -0.05) is 30.3 Å². The molecule has 0 saturated carbocycles. The lowest BCUT2D eigenvalue weighted by atomic mass is 10.1. The van der Waals surface area contributed by atoms with Gasteiger partial charge in [-0.05, 0) is 24.6 Å². The van der Waals surface area contributed by atoms with E-state index in [1.165, 1.54) is 18.1 Å². The van der Waals surface area contributed by atoms with E-state index in [0.717, 1.165) is 5.56 Å². The van der Waals surface area contributed by atoms with Gasteiger partial charge in [0, 0.05) is 6.54 Å². The third kappa shape index (κ3) is 5.66. The fourth-order valence-electron chi connectivity index (χ4n) is 2.26. The maximum atomic E-state index is 12.4. The normalized spacial score (nSPS) is 11.4. The largest absolute Gasteiger partial charge is 0.480 e. The molecule has 0 fully saturated rings. The number of hydrogen-bond donors (Lipinski definition) is 3. The molecule has 2 rings (SSSR count). The molecule has 0 saturated heterocycles. The number of nitrogens with one attached hydrogen (secondary N) is 2. The Morgan fingerprint density at radius 3 is 2.46 bits per heavy atom. The summed E-state index contributed by atoms with van der Waals surface area (Å²) in [7, 11) is 0. The summed E-state index contributed by atoms with van der Waals surface area (Å²) in [6, 6.07) is 10.9. The van der Waals surface area contributed by atoms with Crippen LogP contribution >= 0.6 is 0 Å². The Hall–Kier alpha value is -3.29. The maximum Gasteiger partial charge on any atom is 0.326 e. The fraction of sp³-hybridized carbons (Fsp3) is 0.278. The van der Waals surface area contributed by atoms with Gasteiger partial charge in [0.2, 0.25) is 5.91 Å². The molecule has 0 bridgehead atoms. The van der Waals surface area contributed by atoms with Gasteiger partial charge in [0.15, 0.2) is 0 Å². The summed E-state index contributed by atoms with van der Waals surface area (Å²) in [6.07, 6.45) is 1.49. The summed E-state index contributed by atoms with van der Waals surface area (Å²) in [6.45, 7) is 1.45. The number of carboxylic acid groups (broad SMARTS) is 1. The van der Waals surface area contributed by atoms with Crippen LogP contribution in [-0.2, 0) is 22.7 Å². The molecule has 8 heteroatoms. The molecule has 1 unspecified atom stereocenters. The van der Waals surface area contributed by atoms with Gasteiger partial charge in [0.25, 0.3) is 0 Å². The third-order valence-corrected chi connectivity index (χ3v) is 3.74. The lowest BCUT2D eigenvalue weighted by Gasteiger charge is -2.26. The number of aliphatic carboxylic acids is 1. The highest BCUT2D eigenvalue weighted by atomic mass is 16.4. The van der Waals surface area contributed by atoms with E-state index in [2.05, 4.69) is 10.6 Å². The molecule has 1 aromatic heterocycles. The molecule has 26 heavy (non-hydrogen) atoms. The van der Waals surface area contributed by atoms with E-state index in [-0.39, 0.29) is 19.6 Å². The van der Waals surface area contributed by atoms with E-state index >= 15 is 0 Å². The fourth-order valence-corrected chi connectivity index (χ4v) is 2.26. The van der Waals surface area contributed by atoms with Crippen molar-refractivity contribution in [2.24, 2.45) is 0 Å². The van der Waals surface area contributed by atoms with E-state index in [0.29, 0.717) is 5.76 Å². The number of benzene rings is 1. The Balaban J connectivity index is 1.90. The lowest BCUT2D eigenvalue weighted by Crippen LogP contribution is -2.48.